The van der Waals surface area contributed by atoms with Crippen LogP contribution < -0.4 is 10.2 Å². The van der Waals surface area contributed by atoms with Gasteiger partial charge in [0.2, 0.25) is 5.76 Å². The number of methoxy groups -OCH3 is 1. The van der Waals surface area contributed by atoms with Gasteiger partial charge in [0.1, 0.15) is 5.58 Å². The van der Waals surface area contributed by atoms with Gasteiger partial charge in [-0.2, -0.15) is 0 Å². The maximum atomic E-state index is 13.4. The van der Waals surface area contributed by atoms with Gasteiger partial charge in [0.05, 0.1) is 24.1 Å². The minimum Gasteiger partial charge on any atom is -0.504 e. The van der Waals surface area contributed by atoms with E-state index < -0.39 is 6.04 Å². The van der Waals surface area contributed by atoms with E-state index in [-0.39, 0.29) is 28.4 Å². The molecule has 31 heavy (non-hydrogen) atoms. The second kappa shape index (κ2) is 8.24. The first-order chi connectivity index (χ1) is 14.8. The van der Waals surface area contributed by atoms with Crippen molar-refractivity contribution in [2.24, 2.45) is 0 Å². The lowest BCUT2D eigenvalue weighted by Gasteiger charge is -2.26. The molecule has 2 aromatic carbocycles. The number of hydrogen-bond donors (Lipinski definition) is 1. The Kier molecular flexibility index (Phi) is 5.64. The van der Waals surface area contributed by atoms with E-state index >= 15 is 0 Å². The molecule has 0 saturated carbocycles. The third kappa shape index (κ3) is 3.75. The van der Waals surface area contributed by atoms with Crippen molar-refractivity contribution in [3.8, 4) is 11.5 Å². The fourth-order valence-electron chi connectivity index (χ4n) is 4.00. The molecule has 162 valence electrons. The lowest BCUT2D eigenvalue weighted by Crippen LogP contribution is -2.32. The van der Waals surface area contributed by atoms with Crippen molar-refractivity contribution < 1.29 is 19.1 Å². The van der Waals surface area contributed by atoms with Gasteiger partial charge in [-0.25, -0.2) is 0 Å². The minimum absolute atomic E-state index is 0.0324. The maximum absolute atomic E-state index is 13.4. The van der Waals surface area contributed by atoms with Gasteiger partial charge in [0.15, 0.2) is 16.9 Å². The molecule has 1 atom stereocenters. The number of carbonyl (C=O) groups excluding carboxylic acids is 1. The van der Waals surface area contributed by atoms with E-state index in [0.29, 0.717) is 40.3 Å². The number of fused-ring (bicyclic) bond motifs is 2. The molecule has 0 radical (unpaired) electrons. The van der Waals surface area contributed by atoms with Crippen molar-refractivity contribution in [2.75, 3.05) is 34.3 Å². The van der Waals surface area contributed by atoms with Crippen LogP contribution in [0.5, 0.6) is 11.5 Å². The molecule has 0 aliphatic carbocycles. The standard InChI is InChI=1S/C23H23ClN2O5/c1-25(2)9-4-10-26-20(13-5-7-18(30-3)16(27)11-13)19-21(28)15-12-14(24)6-8-17(15)31-22(19)23(26)29/h5-8,11-12,20,27H,4,9-10H2,1-3H3. The highest BCUT2D eigenvalue weighted by molar-refractivity contribution is 6.31. The first-order valence-electron chi connectivity index (χ1n) is 9.90. The number of hydrogen-bond acceptors (Lipinski definition) is 6. The van der Waals surface area contributed by atoms with Crippen molar-refractivity contribution in [3.05, 3.63) is 68.5 Å². The number of ether oxygens (including phenoxy) is 1. The molecule has 1 amide bonds. The Morgan fingerprint density at radius 2 is 1.97 bits per heavy atom. The molecule has 0 spiro atoms. The summed E-state index contributed by atoms with van der Waals surface area (Å²) in [6.07, 6.45) is 0.713. The van der Waals surface area contributed by atoms with Gasteiger partial charge in [0.25, 0.3) is 5.91 Å². The van der Waals surface area contributed by atoms with Crippen molar-refractivity contribution in [1.82, 2.24) is 9.80 Å². The molecule has 3 aromatic rings. The van der Waals surface area contributed by atoms with Crippen molar-refractivity contribution in [1.29, 1.82) is 0 Å². The topological polar surface area (TPSA) is 83.2 Å². The smallest absolute Gasteiger partial charge is 0.290 e. The molecule has 0 bridgehead atoms. The largest absolute Gasteiger partial charge is 0.504 e. The Labute approximate surface area is 184 Å². The van der Waals surface area contributed by atoms with Crippen LogP contribution in [-0.2, 0) is 0 Å². The van der Waals surface area contributed by atoms with Crippen LogP contribution in [0.3, 0.4) is 0 Å². The van der Waals surface area contributed by atoms with Crippen LogP contribution >= 0.6 is 11.6 Å². The molecular formula is C23H23ClN2O5. The Bertz CT molecular complexity index is 1220. The number of carbonyl (C=O) groups is 1. The monoisotopic (exact) mass is 442 g/mol. The van der Waals surface area contributed by atoms with E-state index in [9.17, 15) is 14.7 Å². The summed E-state index contributed by atoms with van der Waals surface area (Å²) in [5.74, 6) is -0.0693. The molecule has 7 nitrogen and oxygen atoms in total. The second-order valence-corrected chi connectivity index (χ2v) is 8.24. The number of phenols is 1. The summed E-state index contributed by atoms with van der Waals surface area (Å²) >= 11 is 6.10. The van der Waals surface area contributed by atoms with Gasteiger partial charge in [-0.05, 0) is 63.0 Å². The van der Waals surface area contributed by atoms with Gasteiger partial charge in [0, 0.05) is 11.6 Å². The van der Waals surface area contributed by atoms with Crippen molar-refractivity contribution >= 4 is 28.5 Å². The van der Waals surface area contributed by atoms with Crippen LogP contribution in [0.1, 0.15) is 34.1 Å². The lowest BCUT2D eigenvalue weighted by molar-refractivity contribution is 0.0722. The Balaban J connectivity index is 1.89. The maximum Gasteiger partial charge on any atom is 0.290 e. The van der Waals surface area contributed by atoms with Crippen LogP contribution in [0.25, 0.3) is 11.0 Å². The Morgan fingerprint density at radius 1 is 1.19 bits per heavy atom. The molecule has 8 heteroatoms. The predicted octanol–water partition coefficient (Wildman–Crippen LogP) is 3.66. The van der Waals surface area contributed by atoms with E-state index in [2.05, 4.69) is 0 Å². The minimum atomic E-state index is -0.680. The van der Waals surface area contributed by atoms with Gasteiger partial charge in [-0.3, -0.25) is 9.59 Å². The van der Waals surface area contributed by atoms with Crippen LogP contribution in [0.4, 0.5) is 0 Å². The average Bonchev–Trinajstić information content (AvgIpc) is 3.00. The number of nitrogens with zero attached hydrogens (tertiary/aromatic N) is 2. The molecule has 0 fully saturated rings. The summed E-state index contributed by atoms with van der Waals surface area (Å²) in [6, 6.07) is 8.96. The predicted molar refractivity (Wildman–Crippen MR) is 118 cm³/mol. The average molecular weight is 443 g/mol. The summed E-state index contributed by atoms with van der Waals surface area (Å²) < 4.78 is 11.0. The fourth-order valence-corrected chi connectivity index (χ4v) is 4.18. The van der Waals surface area contributed by atoms with Gasteiger partial charge in [-0.1, -0.05) is 17.7 Å². The van der Waals surface area contributed by atoms with E-state index in [0.717, 1.165) is 6.54 Å². The summed E-state index contributed by atoms with van der Waals surface area (Å²) in [4.78, 5) is 30.4. The van der Waals surface area contributed by atoms with Crippen LogP contribution in [0, 0.1) is 0 Å². The molecule has 1 aromatic heterocycles. The van der Waals surface area contributed by atoms with Crippen molar-refractivity contribution in [2.45, 2.75) is 12.5 Å². The highest BCUT2D eigenvalue weighted by atomic mass is 35.5. The quantitative estimate of drug-likeness (QED) is 0.627. The summed E-state index contributed by atoms with van der Waals surface area (Å²) in [7, 11) is 5.38. The normalized spacial score (nSPS) is 15.7. The third-order valence-electron chi connectivity index (χ3n) is 5.45. The molecule has 4 rings (SSSR count). The number of halogens is 1. The first kappa shape index (κ1) is 21.2. The number of amides is 1. The van der Waals surface area contributed by atoms with Crippen LogP contribution in [0.15, 0.2) is 45.6 Å². The Hall–Kier alpha value is -3.03. The van der Waals surface area contributed by atoms with Crippen LogP contribution in [0.2, 0.25) is 5.02 Å². The SMILES string of the molecule is COc1ccc(C2c3c(oc4ccc(Cl)cc4c3=O)C(=O)N2CCCN(C)C)cc1O. The molecular weight excluding hydrogens is 420 g/mol. The number of aromatic hydroxyl groups is 1. The second-order valence-electron chi connectivity index (χ2n) is 7.80. The number of phenolic OH excluding ortho intramolecular Hbond substituents is 1. The Morgan fingerprint density at radius 3 is 2.65 bits per heavy atom. The molecule has 1 aliphatic rings. The number of benzene rings is 2. The summed E-state index contributed by atoms with van der Waals surface area (Å²) in [5, 5.41) is 11.0. The fraction of sp³-hybridized carbons (Fsp3) is 0.304. The molecule has 0 saturated heterocycles. The first-order valence-corrected chi connectivity index (χ1v) is 10.3. The third-order valence-corrected chi connectivity index (χ3v) is 5.69. The lowest BCUT2D eigenvalue weighted by atomic mass is 9.98. The zero-order valence-electron chi connectivity index (χ0n) is 17.5. The van der Waals surface area contributed by atoms with E-state index in [4.69, 9.17) is 20.8 Å². The summed E-state index contributed by atoms with van der Waals surface area (Å²) in [5.41, 5.74) is 0.869. The van der Waals surface area contributed by atoms with Gasteiger partial charge in [-0.15, -0.1) is 0 Å². The number of rotatable bonds is 6. The highest BCUT2D eigenvalue weighted by Crippen LogP contribution is 2.40. The van der Waals surface area contributed by atoms with Crippen LogP contribution in [-0.4, -0.2) is 55.1 Å². The van der Waals surface area contributed by atoms with Crippen molar-refractivity contribution in [3.63, 3.8) is 0 Å². The molecule has 1 N–H and O–H groups in total. The van der Waals surface area contributed by atoms with E-state index in [1.54, 1.807) is 35.2 Å². The highest BCUT2D eigenvalue weighted by Gasteiger charge is 2.42. The molecule has 1 aliphatic heterocycles. The van der Waals surface area contributed by atoms with Gasteiger partial charge >= 0.3 is 0 Å². The van der Waals surface area contributed by atoms with E-state index in [1.165, 1.54) is 13.2 Å². The molecule has 2 heterocycles. The summed E-state index contributed by atoms with van der Waals surface area (Å²) in [6.45, 7) is 1.20. The zero-order chi connectivity index (χ0) is 22.3. The van der Waals surface area contributed by atoms with Gasteiger partial charge < -0.3 is 24.1 Å². The van der Waals surface area contributed by atoms with E-state index in [1.807, 2.05) is 19.0 Å². The zero-order valence-corrected chi connectivity index (χ0v) is 18.3. The molecule has 1 unspecified atom stereocenters.